The number of hydrogen-bond acceptors (Lipinski definition) is 3. The number of nitrogens with one attached hydrogen (secondary N) is 1. The van der Waals surface area contributed by atoms with Crippen molar-refractivity contribution in [2.45, 2.75) is 0 Å². The molecule has 7 heteroatoms. The van der Waals surface area contributed by atoms with Crippen LogP contribution >= 0.6 is 23.2 Å². The number of H-pyrrole nitrogens is 1. The van der Waals surface area contributed by atoms with Crippen molar-refractivity contribution in [2.24, 2.45) is 10.7 Å². The minimum absolute atomic E-state index is 0.222. The number of nitrogens with zero attached hydrogens (tertiary/aromatic N) is 2. The first-order chi connectivity index (χ1) is 8.58. The average molecular weight is 283 g/mol. The number of anilines is 1. The van der Waals surface area contributed by atoms with Crippen molar-refractivity contribution in [1.82, 2.24) is 4.98 Å². The average Bonchev–Trinajstić information content (AvgIpc) is 2.34. The Morgan fingerprint density at radius 1 is 1.39 bits per heavy atom. The van der Waals surface area contributed by atoms with Gasteiger partial charge in [0.1, 0.15) is 10.8 Å². The van der Waals surface area contributed by atoms with Gasteiger partial charge in [0.15, 0.2) is 12.0 Å². The zero-order valence-electron chi connectivity index (χ0n) is 9.19. The van der Waals surface area contributed by atoms with E-state index in [0.29, 0.717) is 22.1 Å². The third kappa shape index (κ3) is 2.69. The Balaban J connectivity index is 2.39. The molecule has 2 rings (SSSR count). The zero-order valence-corrected chi connectivity index (χ0v) is 10.7. The van der Waals surface area contributed by atoms with E-state index in [0.717, 1.165) is 0 Å². The molecule has 0 spiro atoms. The number of hydrogen-bond donors (Lipinski definition) is 2. The normalized spacial score (nSPS) is 11.6. The number of nitrogens with two attached hydrogens (primary N) is 2. The molecular weight excluding hydrogens is 273 g/mol. The molecule has 0 fully saturated rings. The molecule has 18 heavy (non-hydrogen) atoms. The van der Waals surface area contributed by atoms with E-state index in [1.165, 1.54) is 6.20 Å². The second-order valence-corrected chi connectivity index (χ2v) is 4.23. The molecule has 0 saturated carbocycles. The van der Waals surface area contributed by atoms with Crippen molar-refractivity contribution < 1.29 is 4.98 Å². The lowest BCUT2D eigenvalue weighted by Gasteiger charge is -2.00. The van der Waals surface area contributed by atoms with Crippen LogP contribution in [0, 0.1) is 0 Å². The van der Waals surface area contributed by atoms with Gasteiger partial charge in [0.05, 0.1) is 16.9 Å². The van der Waals surface area contributed by atoms with E-state index in [1.54, 1.807) is 24.4 Å². The SMILES string of the molecule is NC(=Nc1cnc(Cl)c(Cl)c1)c1[nH+]cccc1N. The van der Waals surface area contributed by atoms with Gasteiger partial charge in [0.2, 0.25) is 0 Å². The van der Waals surface area contributed by atoms with Crippen LogP contribution in [-0.4, -0.2) is 10.8 Å². The Kier molecular flexibility index (Phi) is 3.64. The van der Waals surface area contributed by atoms with E-state index in [4.69, 9.17) is 34.7 Å². The number of aromatic nitrogens is 2. The van der Waals surface area contributed by atoms with Gasteiger partial charge in [-0.25, -0.2) is 15.0 Å². The van der Waals surface area contributed by atoms with Crippen molar-refractivity contribution in [2.75, 3.05) is 5.73 Å². The second-order valence-electron chi connectivity index (χ2n) is 3.46. The summed E-state index contributed by atoms with van der Waals surface area (Å²) < 4.78 is 0. The van der Waals surface area contributed by atoms with Crippen LogP contribution in [0.3, 0.4) is 0 Å². The third-order valence-electron chi connectivity index (χ3n) is 2.18. The molecule has 0 bridgehead atoms. The highest BCUT2D eigenvalue weighted by Gasteiger charge is 2.11. The molecule has 0 radical (unpaired) electrons. The molecule has 0 amide bonds. The van der Waals surface area contributed by atoms with E-state index in [-0.39, 0.29) is 11.0 Å². The Morgan fingerprint density at radius 2 is 2.17 bits per heavy atom. The summed E-state index contributed by atoms with van der Waals surface area (Å²) in [5, 5.41) is 0.538. The van der Waals surface area contributed by atoms with Gasteiger partial charge in [-0.2, -0.15) is 0 Å². The molecular formula is C11H10Cl2N5+. The molecule has 2 aromatic rings. The van der Waals surface area contributed by atoms with Crippen LogP contribution in [-0.2, 0) is 0 Å². The third-order valence-corrected chi connectivity index (χ3v) is 2.86. The highest BCUT2D eigenvalue weighted by atomic mass is 35.5. The van der Waals surface area contributed by atoms with Gasteiger partial charge in [0.25, 0.3) is 5.69 Å². The van der Waals surface area contributed by atoms with Crippen molar-refractivity contribution in [1.29, 1.82) is 0 Å². The maximum Gasteiger partial charge on any atom is 0.269 e. The summed E-state index contributed by atoms with van der Waals surface area (Å²) in [6, 6.07) is 5.07. The summed E-state index contributed by atoms with van der Waals surface area (Å²) in [5.41, 5.74) is 13.2. The number of halogens is 2. The van der Waals surface area contributed by atoms with Crippen molar-refractivity contribution in [3.05, 3.63) is 46.5 Å². The molecule has 92 valence electrons. The Bertz CT molecular complexity index is 612. The number of rotatable bonds is 2. The minimum Gasteiger partial charge on any atom is -0.393 e. The first kappa shape index (κ1) is 12.6. The fourth-order valence-corrected chi connectivity index (χ4v) is 1.60. The van der Waals surface area contributed by atoms with Crippen LogP contribution in [0.5, 0.6) is 0 Å². The number of aliphatic imine (C=N–C) groups is 1. The summed E-state index contributed by atoms with van der Waals surface area (Å²) in [5.74, 6) is 0.244. The molecule has 0 saturated heterocycles. The number of pyridine rings is 2. The first-order valence-corrected chi connectivity index (χ1v) is 5.75. The van der Waals surface area contributed by atoms with E-state index in [1.807, 2.05) is 0 Å². The summed E-state index contributed by atoms with van der Waals surface area (Å²) in [4.78, 5) is 11.0. The molecule has 0 aliphatic heterocycles. The second kappa shape index (κ2) is 5.20. The zero-order chi connectivity index (χ0) is 13.1. The molecule has 5 N–H and O–H groups in total. The monoisotopic (exact) mass is 282 g/mol. The highest BCUT2D eigenvalue weighted by molar-refractivity contribution is 6.41. The lowest BCUT2D eigenvalue weighted by Crippen LogP contribution is -2.25. The fraction of sp³-hybridized carbons (Fsp3) is 0. The predicted octanol–water partition coefficient (Wildman–Crippen LogP) is 1.82. The lowest BCUT2D eigenvalue weighted by atomic mass is 10.3. The quantitative estimate of drug-likeness (QED) is 0.500. The molecule has 0 aromatic carbocycles. The largest absolute Gasteiger partial charge is 0.393 e. The maximum absolute atomic E-state index is 5.85. The molecule has 2 aromatic heterocycles. The van der Waals surface area contributed by atoms with Crippen molar-refractivity contribution >= 4 is 40.4 Å². The van der Waals surface area contributed by atoms with E-state index >= 15 is 0 Å². The highest BCUT2D eigenvalue weighted by Crippen LogP contribution is 2.24. The summed E-state index contributed by atoms with van der Waals surface area (Å²) in [7, 11) is 0. The van der Waals surface area contributed by atoms with Gasteiger partial charge < -0.3 is 11.5 Å². The molecule has 0 unspecified atom stereocenters. The van der Waals surface area contributed by atoms with E-state index in [9.17, 15) is 0 Å². The summed E-state index contributed by atoms with van der Waals surface area (Å²) >= 11 is 11.5. The maximum atomic E-state index is 5.85. The Labute approximate surface area is 113 Å². The standard InChI is InChI=1S/C11H9Cl2N5/c12-7-4-6(5-17-10(7)13)18-11(15)9-8(14)2-1-3-16-9/h1-5H,14H2,(H2,15,18)/p+1. The van der Waals surface area contributed by atoms with E-state index in [2.05, 4.69) is 15.0 Å². The van der Waals surface area contributed by atoms with Crippen LogP contribution in [0.1, 0.15) is 5.69 Å². The van der Waals surface area contributed by atoms with Crippen LogP contribution in [0.2, 0.25) is 10.2 Å². The van der Waals surface area contributed by atoms with Crippen molar-refractivity contribution in [3.8, 4) is 0 Å². The van der Waals surface area contributed by atoms with Gasteiger partial charge >= 0.3 is 0 Å². The number of aromatic amines is 1. The molecule has 0 aliphatic rings. The van der Waals surface area contributed by atoms with Crippen LogP contribution in [0.15, 0.2) is 35.6 Å². The van der Waals surface area contributed by atoms with Crippen molar-refractivity contribution in [3.63, 3.8) is 0 Å². The van der Waals surface area contributed by atoms with Gasteiger partial charge in [0, 0.05) is 6.07 Å². The fourth-order valence-electron chi connectivity index (χ4n) is 1.34. The Hall–Kier alpha value is -1.85. The van der Waals surface area contributed by atoms with Crippen LogP contribution in [0.25, 0.3) is 0 Å². The van der Waals surface area contributed by atoms with E-state index < -0.39 is 0 Å². The number of amidine groups is 1. The van der Waals surface area contributed by atoms with Crippen LogP contribution < -0.4 is 16.5 Å². The molecule has 2 heterocycles. The summed E-state index contributed by atoms with van der Waals surface area (Å²) in [6.45, 7) is 0. The smallest absolute Gasteiger partial charge is 0.269 e. The Morgan fingerprint density at radius 3 is 2.83 bits per heavy atom. The number of nitrogen functional groups attached to an aromatic ring is 1. The van der Waals surface area contributed by atoms with Gasteiger partial charge in [-0.15, -0.1) is 0 Å². The van der Waals surface area contributed by atoms with Crippen LogP contribution in [0.4, 0.5) is 11.4 Å². The topological polar surface area (TPSA) is 91.4 Å². The molecule has 0 aliphatic carbocycles. The first-order valence-electron chi connectivity index (χ1n) is 4.99. The molecule has 5 nitrogen and oxygen atoms in total. The van der Waals surface area contributed by atoms with Gasteiger partial charge in [-0.05, 0) is 12.1 Å². The van der Waals surface area contributed by atoms with Gasteiger partial charge in [-0.1, -0.05) is 23.2 Å². The van der Waals surface area contributed by atoms with Gasteiger partial charge in [-0.3, -0.25) is 0 Å². The molecule has 0 atom stereocenters. The minimum atomic E-state index is 0.222. The summed E-state index contributed by atoms with van der Waals surface area (Å²) in [6.07, 6.45) is 3.18. The predicted molar refractivity (Wildman–Crippen MR) is 72.1 cm³/mol. The lowest BCUT2D eigenvalue weighted by molar-refractivity contribution is -0.379.